The molecule has 0 atom stereocenters. The van der Waals surface area contributed by atoms with Gasteiger partial charge in [-0.25, -0.2) is 8.42 Å². The van der Waals surface area contributed by atoms with Gasteiger partial charge in [-0.05, 0) is 66.7 Å². The highest BCUT2D eigenvalue weighted by atomic mass is 79.9. The number of halogens is 2. The molecule has 192 valence electrons. The molecule has 5 rings (SSSR count). The molecule has 2 heterocycles. The van der Waals surface area contributed by atoms with Crippen LogP contribution in [-0.2, 0) is 20.4 Å². The van der Waals surface area contributed by atoms with Gasteiger partial charge in [-0.1, -0.05) is 61.8 Å². The van der Waals surface area contributed by atoms with Crippen molar-refractivity contribution in [3.8, 4) is 0 Å². The van der Waals surface area contributed by atoms with Gasteiger partial charge < -0.3 is 15.1 Å². The fourth-order valence-corrected chi connectivity index (χ4v) is 8.41. The largest absolute Gasteiger partial charge is 0.369 e. The van der Waals surface area contributed by atoms with E-state index in [4.69, 9.17) is 0 Å². The number of fused-ring (bicyclic) bond motifs is 1. The molecule has 1 saturated heterocycles. The summed E-state index contributed by atoms with van der Waals surface area (Å²) in [5.74, 6) is -0.346. The highest BCUT2D eigenvalue weighted by molar-refractivity contribution is 9.11. The Labute approximate surface area is 238 Å². The van der Waals surface area contributed by atoms with Crippen LogP contribution < -0.4 is 10.2 Å². The van der Waals surface area contributed by atoms with Crippen LogP contribution in [0.3, 0.4) is 0 Å². The van der Waals surface area contributed by atoms with Crippen LogP contribution in [0.2, 0.25) is 0 Å². The standard InChI is InChI=1S/C27H25Br2N3O3S2/c1-31-11-13-32(14-12-31)19-7-5-18(6-8-19)15-26-27(33)30-24-10-9-20(16-25(24)36-26)37(34,35)17-21-22(28)3-2-4-23(21)29/h2-10,15-16H,11-14,17H2,1H3,(H,30,33)/b26-15+. The Balaban J connectivity index is 1.36. The average molecular weight is 663 g/mol. The number of hydrogen-bond donors (Lipinski definition) is 1. The third-order valence-corrected chi connectivity index (χ3v) is 10.7. The third kappa shape index (κ3) is 5.98. The first-order valence-electron chi connectivity index (χ1n) is 11.7. The first kappa shape index (κ1) is 26.5. The van der Waals surface area contributed by atoms with Gasteiger partial charge in [-0.3, -0.25) is 4.79 Å². The van der Waals surface area contributed by atoms with E-state index < -0.39 is 9.84 Å². The number of likely N-dealkylation sites (N-methyl/N-ethyl adjacent to an activating group) is 1. The van der Waals surface area contributed by atoms with Crippen LogP contribution in [0.25, 0.3) is 6.08 Å². The maximum Gasteiger partial charge on any atom is 0.262 e. The minimum Gasteiger partial charge on any atom is -0.369 e. The van der Waals surface area contributed by atoms with Crippen molar-refractivity contribution >= 4 is 76.8 Å². The Morgan fingerprint density at radius 1 is 0.973 bits per heavy atom. The van der Waals surface area contributed by atoms with E-state index in [1.807, 2.05) is 36.4 Å². The minimum absolute atomic E-state index is 0.146. The smallest absolute Gasteiger partial charge is 0.262 e. The van der Waals surface area contributed by atoms with Gasteiger partial charge in [0.25, 0.3) is 5.91 Å². The predicted molar refractivity (Wildman–Crippen MR) is 158 cm³/mol. The quantitative estimate of drug-likeness (QED) is 0.337. The van der Waals surface area contributed by atoms with Gasteiger partial charge in [0.2, 0.25) is 0 Å². The summed E-state index contributed by atoms with van der Waals surface area (Å²) in [6.07, 6.45) is 1.84. The molecular formula is C27H25Br2N3O3S2. The Kier molecular flexibility index (Phi) is 7.83. The van der Waals surface area contributed by atoms with E-state index in [-0.39, 0.29) is 16.6 Å². The lowest BCUT2D eigenvalue weighted by atomic mass is 10.1. The molecule has 2 aliphatic rings. The van der Waals surface area contributed by atoms with Crippen LogP contribution in [0.5, 0.6) is 0 Å². The van der Waals surface area contributed by atoms with Gasteiger partial charge in [0.15, 0.2) is 9.84 Å². The van der Waals surface area contributed by atoms with E-state index in [0.29, 0.717) is 21.1 Å². The van der Waals surface area contributed by atoms with Crippen LogP contribution >= 0.6 is 43.6 Å². The van der Waals surface area contributed by atoms with Crippen molar-refractivity contribution in [2.24, 2.45) is 0 Å². The Morgan fingerprint density at radius 2 is 1.65 bits per heavy atom. The van der Waals surface area contributed by atoms with E-state index in [1.54, 1.807) is 18.2 Å². The second kappa shape index (κ2) is 10.9. The molecule has 1 amide bonds. The van der Waals surface area contributed by atoms with Gasteiger partial charge >= 0.3 is 0 Å². The number of nitrogens with one attached hydrogen (secondary N) is 1. The van der Waals surface area contributed by atoms with Crippen molar-refractivity contribution in [2.45, 2.75) is 15.5 Å². The average Bonchev–Trinajstić information content (AvgIpc) is 2.87. The first-order valence-corrected chi connectivity index (χ1v) is 15.8. The van der Waals surface area contributed by atoms with Crippen molar-refractivity contribution in [2.75, 3.05) is 43.4 Å². The molecule has 3 aromatic carbocycles. The number of anilines is 2. The molecule has 0 radical (unpaired) electrons. The van der Waals surface area contributed by atoms with Crippen molar-refractivity contribution < 1.29 is 13.2 Å². The molecule has 0 unspecified atom stereocenters. The van der Waals surface area contributed by atoms with Gasteiger partial charge in [-0.15, -0.1) is 0 Å². The SMILES string of the molecule is CN1CCN(c2ccc(/C=C3/Sc4cc(S(=O)(=O)Cc5c(Br)cccc5Br)ccc4NC3=O)cc2)CC1. The van der Waals surface area contributed by atoms with Crippen LogP contribution in [0.15, 0.2) is 84.3 Å². The molecule has 0 bridgehead atoms. The lowest BCUT2D eigenvalue weighted by molar-refractivity contribution is -0.112. The summed E-state index contributed by atoms with van der Waals surface area (Å²) in [7, 11) is -1.48. The number of rotatable bonds is 5. The molecule has 1 fully saturated rings. The number of amides is 1. The number of hydrogen-bond acceptors (Lipinski definition) is 6. The first-order chi connectivity index (χ1) is 17.7. The monoisotopic (exact) mass is 661 g/mol. The zero-order valence-corrected chi connectivity index (χ0v) is 24.9. The van der Waals surface area contributed by atoms with Crippen molar-refractivity contribution in [3.63, 3.8) is 0 Å². The molecule has 0 spiro atoms. The summed E-state index contributed by atoms with van der Waals surface area (Å²) in [6.45, 7) is 4.07. The summed E-state index contributed by atoms with van der Waals surface area (Å²) in [6, 6.07) is 18.5. The molecule has 0 aromatic heterocycles. The third-order valence-electron chi connectivity index (χ3n) is 6.46. The lowest BCUT2D eigenvalue weighted by Crippen LogP contribution is -2.44. The number of carbonyl (C=O) groups excluding carboxylic acids is 1. The second-order valence-electron chi connectivity index (χ2n) is 9.06. The lowest BCUT2D eigenvalue weighted by Gasteiger charge is -2.34. The summed E-state index contributed by atoms with van der Waals surface area (Å²) in [5.41, 5.74) is 3.37. The van der Waals surface area contributed by atoms with E-state index >= 15 is 0 Å². The van der Waals surface area contributed by atoms with Crippen LogP contribution in [0.4, 0.5) is 11.4 Å². The van der Waals surface area contributed by atoms with Crippen molar-refractivity contribution in [3.05, 3.63) is 85.6 Å². The van der Waals surface area contributed by atoms with E-state index in [1.165, 1.54) is 17.4 Å². The molecule has 3 aromatic rings. The summed E-state index contributed by atoms with van der Waals surface area (Å²) in [5, 5.41) is 2.89. The maximum atomic E-state index is 13.2. The normalized spacial score (nSPS) is 17.5. The molecule has 1 N–H and O–H groups in total. The summed E-state index contributed by atoms with van der Waals surface area (Å²) in [4.78, 5) is 18.9. The van der Waals surface area contributed by atoms with Crippen molar-refractivity contribution in [1.82, 2.24) is 4.90 Å². The number of nitrogens with zero attached hydrogens (tertiary/aromatic N) is 2. The van der Waals surface area contributed by atoms with Gasteiger partial charge in [0.1, 0.15) is 0 Å². The fraction of sp³-hybridized carbons (Fsp3) is 0.222. The van der Waals surface area contributed by atoms with Crippen LogP contribution in [0, 0.1) is 0 Å². The Morgan fingerprint density at radius 3 is 2.32 bits per heavy atom. The Hall–Kier alpha value is -2.11. The highest BCUT2D eigenvalue weighted by Crippen LogP contribution is 2.41. The van der Waals surface area contributed by atoms with E-state index in [2.05, 4.69) is 66.2 Å². The molecule has 0 aliphatic carbocycles. The Bertz CT molecular complexity index is 1460. The number of piperazine rings is 1. The summed E-state index contributed by atoms with van der Waals surface area (Å²) < 4.78 is 28.0. The van der Waals surface area contributed by atoms with Gasteiger partial charge in [0.05, 0.1) is 21.2 Å². The van der Waals surface area contributed by atoms with E-state index in [9.17, 15) is 13.2 Å². The molecule has 6 nitrogen and oxygen atoms in total. The second-order valence-corrected chi connectivity index (χ2v) is 13.8. The number of thioether (sulfide) groups is 1. The van der Waals surface area contributed by atoms with Gasteiger partial charge in [0, 0.05) is 45.7 Å². The predicted octanol–water partition coefficient (Wildman–Crippen LogP) is 6.02. The maximum absolute atomic E-state index is 13.2. The van der Waals surface area contributed by atoms with Gasteiger partial charge in [-0.2, -0.15) is 0 Å². The topological polar surface area (TPSA) is 69.7 Å². The van der Waals surface area contributed by atoms with E-state index in [0.717, 1.165) is 40.7 Å². The zero-order chi connectivity index (χ0) is 26.2. The number of sulfone groups is 1. The molecule has 10 heteroatoms. The van der Waals surface area contributed by atoms with Crippen molar-refractivity contribution in [1.29, 1.82) is 0 Å². The van der Waals surface area contributed by atoms with Crippen LogP contribution in [-0.4, -0.2) is 52.5 Å². The molecule has 0 saturated carbocycles. The molecular weight excluding hydrogens is 638 g/mol. The van der Waals surface area contributed by atoms with Crippen LogP contribution in [0.1, 0.15) is 11.1 Å². The molecule has 2 aliphatic heterocycles. The number of benzene rings is 3. The zero-order valence-electron chi connectivity index (χ0n) is 20.1. The minimum atomic E-state index is -3.61. The fourth-order valence-electron chi connectivity index (χ4n) is 4.27. The highest BCUT2D eigenvalue weighted by Gasteiger charge is 2.25. The molecule has 37 heavy (non-hydrogen) atoms. The number of carbonyl (C=O) groups is 1. The summed E-state index contributed by atoms with van der Waals surface area (Å²) >= 11 is 8.18.